The Hall–Kier alpha value is -3.38. The number of carbonyl (C=O) groups is 1. The summed E-state index contributed by atoms with van der Waals surface area (Å²) in [7, 11) is 0. The van der Waals surface area contributed by atoms with E-state index in [1.54, 1.807) is 18.5 Å². The first-order chi connectivity index (χ1) is 14.3. The smallest absolute Gasteiger partial charge is 0.253 e. The molecule has 0 radical (unpaired) electrons. The zero-order valence-corrected chi connectivity index (χ0v) is 16.0. The fourth-order valence-electron chi connectivity index (χ4n) is 3.14. The molecule has 29 heavy (non-hydrogen) atoms. The SMILES string of the molecule is O=C(NCC1CCCO1)c1cncc(Nc2ccc(Oc3ccccc3)cc2)c1. The van der Waals surface area contributed by atoms with Crippen molar-refractivity contribution in [1.29, 1.82) is 0 Å². The molecular formula is C23H23N3O3. The summed E-state index contributed by atoms with van der Waals surface area (Å²) in [6.45, 7) is 1.30. The van der Waals surface area contributed by atoms with Gasteiger partial charge in [-0.1, -0.05) is 18.2 Å². The summed E-state index contributed by atoms with van der Waals surface area (Å²) in [5.41, 5.74) is 2.13. The first-order valence-corrected chi connectivity index (χ1v) is 9.71. The van der Waals surface area contributed by atoms with Crippen molar-refractivity contribution in [2.24, 2.45) is 0 Å². The number of aromatic nitrogens is 1. The number of hydrogen-bond donors (Lipinski definition) is 2. The van der Waals surface area contributed by atoms with Crippen LogP contribution in [-0.2, 0) is 4.74 Å². The molecule has 0 aliphatic carbocycles. The van der Waals surface area contributed by atoms with Crippen LogP contribution >= 0.6 is 0 Å². The minimum absolute atomic E-state index is 0.116. The number of benzene rings is 2. The van der Waals surface area contributed by atoms with Gasteiger partial charge in [0.2, 0.25) is 0 Å². The number of hydrogen-bond acceptors (Lipinski definition) is 5. The van der Waals surface area contributed by atoms with Gasteiger partial charge in [0.15, 0.2) is 0 Å². The Morgan fingerprint density at radius 2 is 1.83 bits per heavy atom. The van der Waals surface area contributed by atoms with Crippen LogP contribution in [-0.4, -0.2) is 30.1 Å². The summed E-state index contributed by atoms with van der Waals surface area (Å²) in [5.74, 6) is 1.39. The van der Waals surface area contributed by atoms with Crippen LogP contribution in [0.3, 0.4) is 0 Å². The molecule has 1 amide bonds. The number of anilines is 2. The van der Waals surface area contributed by atoms with Crippen LogP contribution in [0.15, 0.2) is 73.1 Å². The van der Waals surface area contributed by atoms with Crippen LogP contribution in [0.5, 0.6) is 11.5 Å². The highest BCUT2D eigenvalue weighted by molar-refractivity contribution is 5.94. The Morgan fingerprint density at radius 1 is 1.03 bits per heavy atom. The second-order valence-electron chi connectivity index (χ2n) is 6.87. The van der Waals surface area contributed by atoms with Crippen molar-refractivity contribution in [2.75, 3.05) is 18.5 Å². The summed E-state index contributed by atoms with van der Waals surface area (Å²) >= 11 is 0. The average Bonchev–Trinajstić information content (AvgIpc) is 3.28. The van der Waals surface area contributed by atoms with Gasteiger partial charge in [0.1, 0.15) is 11.5 Å². The van der Waals surface area contributed by atoms with Gasteiger partial charge in [-0.05, 0) is 55.3 Å². The van der Waals surface area contributed by atoms with Crippen LogP contribution in [0.4, 0.5) is 11.4 Å². The van der Waals surface area contributed by atoms with Gasteiger partial charge in [0.25, 0.3) is 5.91 Å². The predicted molar refractivity (Wildman–Crippen MR) is 112 cm³/mol. The minimum atomic E-state index is -0.150. The Labute approximate surface area is 169 Å². The van der Waals surface area contributed by atoms with Crippen molar-refractivity contribution in [2.45, 2.75) is 18.9 Å². The third-order valence-corrected chi connectivity index (χ3v) is 4.64. The Bertz CT molecular complexity index is 939. The number of rotatable bonds is 7. The van der Waals surface area contributed by atoms with Gasteiger partial charge in [0.05, 0.1) is 23.6 Å². The van der Waals surface area contributed by atoms with E-state index in [4.69, 9.17) is 9.47 Å². The zero-order chi connectivity index (χ0) is 19.9. The average molecular weight is 389 g/mol. The molecule has 1 atom stereocenters. The molecule has 1 aliphatic rings. The predicted octanol–water partition coefficient (Wildman–Crippen LogP) is 4.53. The maximum absolute atomic E-state index is 12.4. The fraction of sp³-hybridized carbons (Fsp3) is 0.217. The molecule has 0 saturated carbocycles. The summed E-state index contributed by atoms with van der Waals surface area (Å²) in [4.78, 5) is 16.5. The standard InChI is InChI=1S/C23H23N3O3/c27-23(25-16-22-7-4-12-28-22)17-13-19(15-24-14-17)26-18-8-10-21(11-9-18)29-20-5-2-1-3-6-20/h1-3,5-6,8-11,13-15,22,26H,4,7,12,16H2,(H,25,27). The number of ether oxygens (including phenoxy) is 2. The first-order valence-electron chi connectivity index (χ1n) is 9.71. The molecule has 0 bridgehead atoms. The highest BCUT2D eigenvalue weighted by Crippen LogP contribution is 2.24. The van der Waals surface area contributed by atoms with Crippen LogP contribution < -0.4 is 15.4 Å². The van der Waals surface area contributed by atoms with Crippen LogP contribution in [0.2, 0.25) is 0 Å². The van der Waals surface area contributed by atoms with E-state index in [-0.39, 0.29) is 12.0 Å². The lowest BCUT2D eigenvalue weighted by molar-refractivity contribution is 0.0857. The molecule has 148 valence electrons. The van der Waals surface area contributed by atoms with Gasteiger partial charge in [-0.25, -0.2) is 0 Å². The number of amides is 1. The van der Waals surface area contributed by atoms with E-state index in [9.17, 15) is 4.79 Å². The van der Waals surface area contributed by atoms with Gasteiger partial charge in [-0.3, -0.25) is 9.78 Å². The number of para-hydroxylation sites is 1. The minimum Gasteiger partial charge on any atom is -0.457 e. The normalized spacial score (nSPS) is 15.7. The number of carbonyl (C=O) groups excluding carboxylic acids is 1. The monoisotopic (exact) mass is 389 g/mol. The van der Waals surface area contributed by atoms with Gasteiger partial charge in [0, 0.05) is 25.0 Å². The van der Waals surface area contributed by atoms with Crippen molar-refractivity contribution < 1.29 is 14.3 Å². The fourth-order valence-corrected chi connectivity index (χ4v) is 3.14. The number of nitrogens with zero attached hydrogens (tertiary/aromatic N) is 1. The molecule has 2 N–H and O–H groups in total. The molecule has 1 fully saturated rings. The third kappa shape index (κ3) is 5.33. The van der Waals surface area contributed by atoms with E-state index in [0.29, 0.717) is 12.1 Å². The zero-order valence-electron chi connectivity index (χ0n) is 16.0. The molecule has 1 saturated heterocycles. The van der Waals surface area contributed by atoms with Crippen LogP contribution in [0, 0.1) is 0 Å². The maximum Gasteiger partial charge on any atom is 0.253 e. The lowest BCUT2D eigenvalue weighted by Crippen LogP contribution is -2.31. The van der Waals surface area contributed by atoms with E-state index in [1.165, 1.54) is 0 Å². The molecule has 1 aliphatic heterocycles. The van der Waals surface area contributed by atoms with Crippen molar-refractivity contribution in [3.8, 4) is 11.5 Å². The first kappa shape index (κ1) is 19.0. The van der Waals surface area contributed by atoms with Gasteiger partial charge < -0.3 is 20.1 Å². The van der Waals surface area contributed by atoms with E-state index in [2.05, 4.69) is 15.6 Å². The molecule has 6 heteroatoms. The van der Waals surface area contributed by atoms with Crippen molar-refractivity contribution in [3.05, 3.63) is 78.6 Å². The molecule has 2 heterocycles. The van der Waals surface area contributed by atoms with E-state index in [1.807, 2.05) is 54.6 Å². The highest BCUT2D eigenvalue weighted by atomic mass is 16.5. The molecule has 3 aromatic rings. The molecule has 1 unspecified atom stereocenters. The second kappa shape index (κ2) is 9.21. The quantitative estimate of drug-likeness (QED) is 0.621. The second-order valence-corrected chi connectivity index (χ2v) is 6.87. The Morgan fingerprint density at radius 3 is 2.59 bits per heavy atom. The number of pyridine rings is 1. The topological polar surface area (TPSA) is 72.5 Å². The lowest BCUT2D eigenvalue weighted by Gasteiger charge is -2.12. The van der Waals surface area contributed by atoms with E-state index >= 15 is 0 Å². The number of nitrogens with one attached hydrogen (secondary N) is 2. The molecule has 4 rings (SSSR count). The summed E-state index contributed by atoms with van der Waals surface area (Å²) in [6, 6.07) is 19.0. The van der Waals surface area contributed by atoms with Crippen molar-refractivity contribution >= 4 is 17.3 Å². The van der Waals surface area contributed by atoms with Crippen molar-refractivity contribution in [1.82, 2.24) is 10.3 Å². The molecule has 6 nitrogen and oxygen atoms in total. The van der Waals surface area contributed by atoms with Gasteiger partial charge in [-0.2, -0.15) is 0 Å². The van der Waals surface area contributed by atoms with Gasteiger partial charge >= 0.3 is 0 Å². The molecule has 1 aromatic heterocycles. The molecule has 2 aromatic carbocycles. The van der Waals surface area contributed by atoms with E-state index < -0.39 is 0 Å². The Kier molecular flexibility index (Phi) is 6.02. The third-order valence-electron chi connectivity index (χ3n) is 4.64. The summed E-state index contributed by atoms with van der Waals surface area (Å²) in [6.07, 6.45) is 5.41. The Balaban J connectivity index is 1.35. The largest absolute Gasteiger partial charge is 0.457 e. The summed E-state index contributed by atoms with van der Waals surface area (Å²) < 4.78 is 11.3. The molecule has 0 spiro atoms. The highest BCUT2D eigenvalue weighted by Gasteiger charge is 2.17. The lowest BCUT2D eigenvalue weighted by atomic mass is 10.2. The summed E-state index contributed by atoms with van der Waals surface area (Å²) in [5, 5.41) is 6.18. The van der Waals surface area contributed by atoms with Crippen LogP contribution in [0.25, 0.3) is 0 Å². The van der Waals surface area contributed by atoms with Gasteiger partial charge in [-0.15, -0.1) is 0 Å². The maximum atomic E-state index is 12.4. The van der Waals surface area contributed by atoms with E-state index in [0.717, 1.165) is 42.3 Å². The van der Waals surface area contributed by atoms with Crippen molar-refractivity contribution in [3.63, 3.8) is 0 Å². The molecular weight excluding hydrogens is 366 g/mol. The van der Waals surface area contributed by atoms with Crippen LogP contribution in [0.1, 0.15) is 23.2 Å².